The molecule has 0 saturated carbocycles. The number of anilines is 1. The van der Waals surface area contributed by atoms with Crippen LogP contribution in [0.4, 0.5) is 14.5 Å². The predicted molar refractivity (Wildman–Crippen MR) is 120 cm³/mol. The first-order chi connectivity index (χ1) is 15.3. The zero-order valence-electron chi connectivity index (χ0n) is 17.2. The van der Waals surface area contributed by atoms with E-state index in [-0.39, 0.29) is 28.7 Å². The molecule has 1 amide bonds. The second-order valence-electron chi connectivity index (χ2n) is 7.84. The fourth-order valence-corrected chi connectivity index (χ4v) is 3.74. The average Bonchev–Trinajstić information content (AvgIpc) is 2.78. The third-order valence-electron chi connectivity index (χ3n) is 5.47. The molecule has 6 N–H and O–H groups in total. The van der Waals surface area contributed by atoms with Gasteiger partial charge in [-0.2, -0.15) is 0 Å². The minimum atomic E-state index is -1.05. The van der Waals surface area contributed by atoms with E-state index in [1.54, 1.807) is 29.2 Å². The minimum absolute atomic E-state index is 0.00975. The monoisotopic (exact) mass is 439 g/mol. The molecule has 1 saturated heterocycles. The molecule has 1 fully saturated rings. The fraction of sp³-hybridized carbons (Fsp3) is 0.217. The molecule has 1 aromatic heterocycles. The lowest BCUT2D eigenvalue weighted by atomic mass is 10.1. The third-order valence-corrected chi connectivity index (χ3v) is 5.47. The van der Waals surface area contributed by atoms with Crippen molar-refractivity contribution in [2.75, 3.05) is 18.4 Å². The Kier molecular flexibility index (Phi) is 5.91. The number of piperidine rings is 1. The molecule has 32 heavy (non-hydrogen) atoms. The molecule has 2 aromatic carbocycles. The van der Waals surface area contributed by atoms with E-state index < -0.39 is 17.2 Å². The van der Waals surface area contributed by atoms with Crippen LogP contribution in [0.2, 0.25) is 0 Å². The summed E-state index contributed by atoms with van der Waals surface area (Å²) in [4.78, 5) is 29.2. The van der Waals surface area contributed by atoms with Crippen LogP contribution in [0, 0.1) is 11.6 Å². The SMILES string of the molecule is N/C(=C\Nc1ccc(C(=O)N2CCC[C@H](N)C2)cc1)c1cc2cc(F)c(F)cc2[nH]c1=O. The molecule has 0 spiro atoms. The Morgan fingerprint density at radius 2 is 1.88 bits per heavy atom. The van der Waals surface area contributed by atoms with Gasteiger partial charge in [-0.05, 0) is 49.2 Å². The van der Waals surface area contributed by atoms with Crippen molar-refractivity contribution in [1.82, 2.24) is 9.88 Å². The molecule has 166 valence electrons. The number of pyridine rings is 1. The van der Waals surface area contributed by atoms with Gasteiger partial charge in [0.25, 0.3) is 11.5 Å². The Morgan fingerprint density at radius 3 is 2.59 bits per heavy atom. The highest BCUT2D eigenvalue weighted by atomic mass is 19.2. The van der Waals surface area contributed by atoms with E-state index in [0.717, 1.165) is 25.0 Å². The normalized spacial score (nSPS) is 16.9. The number of aromatic amines is 1. The van der Waals surface area contributed by atoms with Crippen LogP contribution in [0.15, 0.2) is 53.5 Å². The van der Waals surface area contributed by atoms with Gasteiger partial charge in [0, 0.05) is 48.0 Å². The first kappa shape index (κ1) is 21.5. The van der Waals surface area contributed by atoms with Gasteiger partial charge < -0.3 is 26.7 Å². The molecular weight excluding hydrogens is 416 g/mol. The molecule has 4 rings (SSSR count). The summed E-state index contributed by atoms with van der Waals surface area (Å²) in [6, 6.07) is 10.2. The van der Waals surface area contributed by atoms with E-state index in [9.17, 15) is 18.4 Å². The number of aromatic nitrogens is 1. The van der Waals surface area contributed by atoms with Gasteiger partial charge >= 0.3 is 0 Å². The number of H-pyrrole nitrogens is 1. The number of benzene rings is 2. The number of amides is 1. The summed E-state index contributed by atoms with van der Waals surface area (Å²) >= 11 is 0. The number of carbonyl (C=O) groups excluding carboxylic acids is 1. The first-order valence-electron chi connectivity index (χ1n) is 10.2. The topological polar surface area (TPSA) is 117 Å². The number of hydrogen-bond donors (Lipinski definition) is 4. The lowest BCUT2D eigenvalue weighted by Crippen LogP contribution is -2.45. The summed E-state index contributed by atoms with van der Waals surface area (Å²) < 4.78 is 26.9. The van der Waals surface area contributed by atoms with E-state index >= 15 is 0 Å². The number of nitrogens with one attached hydrogen (secondary N) is 2. The van der Waals surface area contributed by atoms with E-state index in [1.165, 1.54) is 12.3 Å². The predicted octanol–water partition coefficient (Wildman–Crippen LogP) is 2.74. The second kappa shape index (κ2) is 8.80. The molecule has 1 atom stereocenters. The minimum Gasteiger partial charge on any atom is -0.397 e. The summed E-state index contributed by atoms with van der Waals surface area (Å²) in [6.45, 7) is 1.25. The van der Waals surface area contributed by atoms with Crippen molar-refractivity contribution < 1.29 is 13.6 Å². The van der Waals surface area contributed by atoms with E-state index in [1.807, 2.05) is 0 Å². The van der Waals surface area contributed by atoms with Gasteiger partial charge in [0.05, 0.1) is 16.8 Å². The van der Waals surface area contributed by atoms with Crippen LogP contribution in [-0.4, -0.2) is 34.9 Å². The Morgan fingerprint density at radius 1 is 1.16 bits per heavy atom. The van der Waals surface area contributed by atoms with E-state index in [2.05, 4.69) is 10.3 Å². The molecule has 0 bridgehead atoms. The largest absolute Gasteiger partial charge is 0.397 e. The second-order valence-corrected chi connectivity index (χ2v) is 7.84. The molecule has 7 nitrogen and oxygen atoms in total. The number of halogens is 2. The summed E-state index contributed by atoms with van der Waals surface area (Å²) in [5, 5.41) is 3.29. The standard InChI is InChI=1S/C23H23F2N5O2/c24-18-9-14-8-17(22(31)29-21(14)10-19(18)25)20(27)11-28-16-5-3-13(4-6-16)23(32)30-7-1-2-15(26)12-30/h3-6,8-11,15,28H,1-2,7,12,26-27H2,(H,29,31)/b20-11-/t15-/m0/s1. The molecule has 0 aliphatic carbocycles. The van der Waals surface area contributed by atoms with Crippen molar-refractivity contribution in [3.8, 4) is 0 Å². The highest BCUT2D eigenvalue weighted by Crippen LogP contribution is 2.19. The van der Waals surface area contributed by atoms with Crippen molar-refractivity contribution in [2.24, 2.45) is 11.5 Å². The molecule has 0 radical (unpaired) electrons. The zero-order valence-corrected chi connectivity index (χ0v) is 17.2. The molecule has 1 aliphatic rings. The van der Waals surface area contributed by atoms with Crippen LogP contribution in [0.5, 0.6) is 0 Å². The molecule has 0 unspecified atom stereocenters. The summed E-state index contributed by atoms with van der Waals surface area (Å²) in [5.41, 5.74) is 13.1. The van der Waals surface area contributed by atoms with Crippen molar-refractivity contribution >= 4 is 28.2 Å². The third kappa shape index (κ3) is 4.47. The smallest absolute Gasteiger partial charge is 0.257 e. The molecule has 2 heterocycles. The maximum Gasteiger partial charge on any atom is 0.257 e. The van der Waals surface area contributed by atoms with Gasteiger partial charge in [-0.25, -0.2) is 8.78 Å². The number of carbonyl (C=O) groups is 1. The fourth-order valence-electron chi connectivity index (χ4n) is 3.74. The first-order valence-corrected chi connectivity index (χ1v) is 10.2. The molecule has 9 heteroatoms. The number of fused-ring (bicyclic) bond motifs is 1. The summed E-state index contributed by atoms with van der Waals surface area (Å²) in [6.07, 6.45) is 3.25. The quantitative estimate of drug-likeness (QED) is 0.499. The van der Waals surface area contributed by atoms with Crippen molar-refractivity contribution in [1.29, 1.82) is 0 Å². The highest BCUT2D eigenvalue weighted by molar-refractivity contribution is 5.94. The maximum absolute atomic E-state index is 13.5. The van der Waals surface area contributed by atoms with E-state index in [0.29, 0.717) is 29.7 Å². The van der Waals surface area contributed by atoms with Gasteiger partial charge in [-0.1, -0.05) is 0 Å². The summed E-state index contributed by atoms with van der Waals surface area (Å²) in [7, 11) is 0. The van der Waals surface area contributed by atoms with Crippen LogP contribution in [0.25, 0.3) is 16.6 Å². The van der Waals surface area contributed by atoms with Gasteiger partial charge in [0.1, 0.15) is 0 Å². The zero-order chi connectivity index (χ0) is 22.8. The number of hydrogen-bond acceptors (Lipinski definition) is 5. The number of nitrogens with zero attached hydrogens (tertiary/aromatic N) is 1. The van der Waals surface area contributed by atoms with Crippen molar-refractivity contribution in [3.63, 3.8) is 0 Å². The number of nitrogens with two attached hydrogens (primary N) is 2. The lowest BCUT2D eigenvalue weighted by Gasteiger charge is -2.30. The van der Waals surface area contributed by atoms with Crippen LogP contribution >= 0.6 is 0 Å². The summed E-state index contributed by atoms with van der Waals surface area (Å²) in [5.74, 6) is -2.12. The van der Waals surface area contributed by atoms with Crippen molar-refractivity contribution in [3.05, 3.63) is 81.8 Å². The van der Waals surface area contributed by atoms with E-state index in [4.69, 9.17) is 11.5 Å². The Bertz CT molecular complexity index is 1250. The number of rotatable bonds is 4. The highest BCUT2D eigenvalue weighted by Gasteiger charge is 2.22. The molecule has 1 aliphatic heterocycles. The van der Waals surface area contributed by atoms with Gasteiger partial charge in [0.15, 0.2) is 11.6 Å². The van der Waals surface area contributed by atoms with Crippen LogP contribution in [0.1, 0.15) is 28.8 Å². The molecule has 3 aromatic rings. The Labute approximate surface area is 182 Å². The van der Waals surface area contributed by atoms with Gasteiger partial charge in [-0.3, -0.25) is 9.59 Å². The average molecular weight is 439 g/mol. The van der Waals surface area contributed by atoms with Crippen LogP contribution < -0.4 is 22.3 Å². The van der Waals surface area contributed by atoms with Crippen molar-refractivity contribution in [2.45, 2.75) is 18.9 Å². The Hall–Kier alpha value is -3.72. The van der Waals surface area contributed by atoms with Crippen LogP contribution in [0.3, 0.4) is 0 Å². The Balaban J connectivity index is 1.49. The number of likely N-dealkylation sites (tertiary alicyclic amines) is 1. The van der Waals surface area contributed by atoms with Gasteiger partial charge in [-0.15, -0.1) is 0 Å². The molecular formula is C23H23F2N5O2. The van der Waals surface area contributed by atoms with Gasteiger partial charge in [0.2, 0.25) is 0 Å². The maximum atomic E-state index is 13.5. The van der Waals surface area contributed by atoms with Crippen LogP contribution in [-0.2, 0) is 0 Å². The lowest BCUT2D eigenvalue weighted by molar-refractivity contribution is 0.0709.